The molecule has 0 saturated carbocycles. The molecule has 1 saturated heterocycles. The molecule has 1 fully saturated rings. The molecule has 1 heterocycles. The van der Waals surface area contributed by atoms with Crippen LogP contribution in [-0.4, -0.2) is 51.0 Å². The van der Waals surface area contributed by atoms with E-state index >= 15 is 0 Å². The Balaban J connectivity index is 0.00000529. The van der Waals surface area contributed by atoms with E-state index < -0.39 is 0 Å². The highest BCUT2D eigenvalue weighted by molar-refractivity contribution is 14.0. The Morgan fingerprint density at radius 2 is 1.92 bits per heavy atom. The van der Waals surface area contributed by atoms with Crippen LogP contribution in [0.3, 0.4) is 0 Å². The summed E-state index contributed by atoms with van der Waals surface area (Å²) >= 11 is 0. The summed E-state index contributed by atoms with van der Waals surface area (Å²) in [5.74, 6) is 1.68. The Hall–Kier alpha value is -0.0800. The van der Waals surface area contributed by atoms with Gasteiger partial charge in [-0.3, -0.25) is 4.99 Å². The zero-order valence-corrected chi connectivity index (χ0v) is 18.3. The van der Waals surface area contributed by atoms with Crippen molar-refractivity contribution in [3.8, 4) is 0 Å². The first kappa shape index (κ1) is 23.9. The van der Waals surface area contributed by atoms with Crippen LogP contribution in [0.4, 0.5) is 0 Å². The molecule has 1 aliphatic rings. The largest absolute Gasteiger partial charge is 0.381 e. The minimum absolute atomic E-state index is 0. The third-order valence-electron chi connectivity index (χ3n) is 4.00. The fraction of sp³-hybridized carbons (Fsp3) is 0.944. The van der Waals surface area contributed by atoms with E-state index in [1.54, 1.807) is 0 Å². The number of ether oxygens (including phenoxy) is 2. The second kappa shape index (κ2) is 15.2. The van der Waals surface area contributed by atoms with Gasteiger partial charge in [0.05, 0.1) is 6.10 Å². The van der Waals surface area contributed by atoms with Crippen LogP contribution in [0.1, 0.15) is 59.8 Å². The van der Waals surface area contributed by atoms with Gasteiger partial charge >= 0.3 is 0 Å². The molecule has 0 amide bonds. The van der Waals surface area contributed by atoms with Gasteiger partial charge in [0.1, 0.15) is 0 Å². The Labute approximate surface area is 165 Å². The third-order valence-corrected chi connectivity index (χ3v) is 4.00. The Kier molecular flexibility index (Phi) is 15.1. The molecule has 1 rings (SSSR count). The van der Waals surface area contributed by atoms with Crippen molar-refractivity contribution in [2.45, 2.75) is 71.9 Å². The number of nitrogens with one attached hydrogen (secondary N) is 2. The maximum atomic E-state index is 5.88. The van der Waals surface area contributed by atoms with Crippen molar-refractivity contribution in [1.29, 1.82) is 0 Å². The van der Waals surface area contributed by atoms with E-state index in [2.05, 4.69) is 43.3 Å². The molecule has 0 spiro atoms. The Morgan fingerprint density at radius 3 is 2.54 bits per heavy atom. The van der Waals surface area contributed by atoms with Crippen LogP contribution in [0.25, 0.3) is 0 Å². The zero-order chi connectivity index (χ0) is 16.9. The predicted molar refractivity (Wildman–Crippen MR) is 112 cm³/mol. The van der Waals surface area contributed by atoms with Crippen LogP contribution in [0, 0.1) is 5.92 Å². The van der Waals surface area contributed by atoms with Gasteiger partial charge in [-0.25, -0.2) is 0 Å². The fourth-order valence-corrected chi connectivity index (χ4v) is 2.56. The number of halogens is 1. The average Bonchev–Trinajstić information content (AvgIpc) is 2.53. The normalized spacial score (nSPS) is 17.5. The SMILES string of the molecule is CCNC(=NCCCOC1CCOCC1)NC(C)CCC(C)C.I. The van der Waals surface area contributed by atoms with E-state index in [4.69, 9.17) is 9.47 Å². The van der Waals surface area contributed by atoms with Crippen LogP contribution in [0.5, 0.6) is 0 Å². The summed E-state index contributed by atoms with van der Waals surface area (Å²) in [6.45, 7) is 13.0. The lowest BCUT2D eigenvalue weighted by Gasteiger charge is -2.22. The molecule has 144 valence electrons. The van der Waals surface area contributed by atoms with E-state index in [1.165, 1.54) is 12.8 Å². The lowest BCUT2D eigenvalue weighted by Crippen LogP contribution is -2.42. The lowest BCUT2D eigenvalue weighted by atomic mass is 10.0. The molecule has 1 unspecified atom stereocenters. The quantitative estimate of drug-likeness (QED) is 0.229. The average molecular weight is 455 g/mol. The molecular weight excluding hydrogens is 417 g/mol. The van der Waals surface area contributed by atoms with Gasteiger partial charge < -0.3 is 20.1 Å². The van der Waals surface area contributed by atoms with E-state index in [9.17, 15) is 0 Å². The van der Waals surface area contributed by atoms with Crippen molar-refractivity contribution in [2.75, 3.05) is 32.9 Å². The number of guanidine groups is 1. The summed E-state index contributed by atoms with van der Waals surface area (Å²) in [5, 5.41) is 6.82. The second-order valence-electron chi connectivity index (χ2n) is 6.81. The van der Waals surface area contributed by atoms with E-state index in [0.717, 1.165) is 64.1 Å². The lowest BCUT2D eigenvalue weighted by molar-refractivity contribution is -0.0318. The molecular formula is C18H38IN3O2. The van der Waals surface area contributed by atoms with Crippen LogP contribution in [-0.2, 0) is 9.47 Å². The summed E-state index contributed by atoms with van der Waals surface area (Å²) < 4.78 is 11.2. The summed E-state index contributed by atoms with van der Waals surface area (Å²) in [6, 6.07) is 0.452. The molecule has 2 N–H and O–H groups in total. The minimum atomic E-state index is 0. The number of hydrogen-bond acceptors (Lipinski definition) is 3. The summed E-state index contributed by atoms with van der Waals surface area (Å²) in [7, 11) is 0. The first-order valence-electron chi connectivity index (χ1n) is 9.36. The highest BCUT2D eigenvalue weighted by Crippen LogP contribution is 2.10. The maximum absolute atomic E-state index is 5.88. The van der Waals surface area contributed by atoms with Gasteiger partial charge in [-0.1, -0.05) is 13.8 Å². The number of aliphatic imine (C=N–C) groups is 1. The topological polar surface area (TPSA) is 54.9 Å². The Bertz CT molecular complexity index is 321. The molecule has 0 radical (unpaired) electrons. The van der Waals surface area contributed by atoms with Gasteiger partial charge in [0.15, 0.2) is 5.96 Å². The molecule has 0 aromatic carbocycles. The van der Waals surface area contributed by atoms with Gasteiger partial charge in [0.25, 0.3) is 0 Å². The molecule has 1 atom stereocenters. The van der Waals surface area contributed by atoms with Crippen LogP contribution in [0.2, 0.25) is 0 Å². The van der Waals surface area contributed by atoms with E-state index in [1.807, 2.05) is 0 Å². The van der Waals surface area contributed by atoms with Crippen molar-refractivity contribution in [2.24, 2.45) is 10.9 Å². The standard InChI is InChI=1S/C18H37N3O2.HI/c1-5-19-18(21-16(4)8-7-15(2)3)20-11-6-12-23-17-9-13-22-14-10-17;/h15-17H,5-14H2,1-4H3,(H2,19,20,21);1H. The van der Waals surface area contributed by atoms with Crippen molar-refractivity contribution in [3.05, 3.63) is 0 Å². The van der Waals surface area contributed by atoms with Crippen LogP contribution < -0.4 is 10.6 Å². The molecule has 5 nitrogen and oxygen atoms in total. The number of hydrogen-bond donors (Lipinski definition) is 2. The van der Waals surface area contributed by atoms with Crippen molar-refractivity contribution >= 4 is 29.9 Å². The zero-order valence-electron chi connectivity index (χ0n) is 16.0. The van der Waals surface area contributed by atoms with Gasteiger partial charge in [0.2, 0.25) is 0 Å². The highest BCUT2D eigenvalue weighted by atomic mass is 127. The highest BCUT2D eigenvalue weighted by Gasteiger charge is 2.13. The minimum Gasteiger partial charge on any atom is -0.381 e. The molecule has 0 aliphatic carbocycles. The van der Waals surface area contributed by atoms with Crippen LogP contribution >= 0.6 is 24.0 Å². The third kappa shape index (κ3) is 12.3. The first-order valence-corrected chi connectivity index (χ1v) is 9.36. The van der Waals surface area contributed by atoms with Crippen molar-refractivity contribution < 1.29 is 9.47 Å². The van der Waals surface area contributed by atoms with Gasteiger partial charge in [-0.2, -0.15) is 0 Å². The second-order valence-corrected chi connectivity index (χ2v) is 6.81. The maximum Gasteiger partial charge on any atom is 0.191 e. The van der Waals surface area contributed by atoms with Gasteiger partial charge in [-0.15, -0.1) is 24.0 Å². The van der Waals surface area contributed by atoms with Crippen LogP contribution in [0.15, 0.2) is 4.99 Å². The van der Waals surface area contributed by atoms with Crippen molar-refractivity contribution in [3.63, 3.8) is 0 Å². The molecule has 0 aromatic rings. The first-order chi connectivity index (χ1) is 11.1. The molecule has 24 heavy (non-hydrogen) atoms. The monoisotopic (exact) mass is 455 g/mol. The number of nitrogens with zero attached hydrogens (tertiary/aromatic N) is 1. The summed E-state index contributed by atoms with van der Waals surface area (Å²) in [6.07, 6.45) is 5.83. The number of rotatable bonds is 10. The Morgan fingerprint density at radius 1 is 1.21 bits per heavy atom. The van der Waals surface area contributed by atoms with Crippen molar-refractivity contribution in [1.82, 2.24) is 10.6 Å². The fourth-order valence-electron chi connectivity index (χ4n) is 2.56. The van der Waals surface area contributed by atoms with Gasteiger partial charge in [0, 0.05) is 39.0 Å². The molecule has 6 heteroatoms. The van der Waals surface area contributed by atoms with E-state index in [-0.39, 0.29) is 24.0 Å². The van der Waals surface area contributed by atoms with Gasteiger partial charge in [-0.05, 0) is 51.9 Å². The summed E-state index contributed by atoms with van der Waals surface area (Å²) in [4.78, 5) is 4.65. The molecule has 0 bridgehead atoms. The van der Waals surface area contributed by atoms with E-state index in [0.29, 0.717) is 12.1 Å². The predicted octanol–water partition coefficient (Wildman–Crippen LogP) is 3.57. The smallest absolute Gasteiger partial charge is 0.191 e. The molecule has 0 aromatic heterocycles. The summed E-state index contributed by atoms with van der Waals surface area (Å²) in [5.41, 5.74) is 0. The molecule has 1 aliphatic heterocycles.